The van der Waals surface area contributed by atoms with Crippen molar-refractivity contribution >= 4 is 5.95 Å². The minimum Gasteiger partial charge on any atom is -0.481 e. The van der Waals surface area contributed by atoms with Gasteiger partial charge in [0.25, 0.3) is 0 Å². The topological polar surface area (TPSA) is 64.3 Å². The maximum atomic E-state index is 5.59. The van der Waals surface area contributed by atoms with E-state index in [2.05, 4.69) is 14.9 Å². The second-order valence-electron chi connectivity index (χ2n) is 4.77. The number of nitrogens with two attached hydrogens (primary N) is 1. The molecule has 5 nitrogen and oxygen atoms in total. The molecular weight excluding hydrogens is 228 g/mol. The molecule has 18 heavy (non-hydrogen) atoms. The van der Waals surface area contributed by atoms with Crippen molar-refractivity contribution in [1.82, 2.24) is 9.97 Å². The summed E-state index contributed by atoms with van der Waals surface area (Å²) in [6, 6.07) is 2.38. The van der Waals surface area contributed by atoms with Gasteiger partial charge in [0, 0.05) is 24.3 Å². The molecular formula is C13H22N4O. The van der Waals surface area contributed by atoms with Gasteiger partial charge in [-0.25, -0.2) is 4.98 Å². The number of aryl methyl sites for hydroxylation is 1. The summed E-state index contributed by atoms with van der Waals surface area (Å²) in [6.07, 6.45) is 4.59. The Morgan fingerprint density at radius 3 is 3.06 bits per heavy atom. The minimum atomic E-state index is 0.528. The van der Waals surface area contributed by atoms with E-state index in [1.54, 1.807) is 7.11 Å². The van der Waals surface area contributed by atoms with Crippen LogP contribution in [0, 0.1) is 6.92 Å². The zero-order valence-electron chi connectivity index (χ0n) is 11.2. The van der Waals surface area contributed by atoms with E-state index in [0.29, 0.717) is 11.9 Å². The molecule has 0 radical (unpaired) electrons. The monoisotopic (exact) mass is 250 g/mol. The molecule has 1 saturated heterocycles. The Bertz CT molecular complexity index is 397. The Balaban J connectivity index is 2.16. The second-order valence-corrected chi connectivity index (χ2v) is 4.77. The minimum absolute atomic E-state index is 0.528. The molecule has 0 amide bonds. The van der Waals surface area contributed by atoms with Crippen molar-refractivity contribution in [1.29, 1.82) is 0 Å². The molecule has 0 aliphatic carbocycles. The molecule has 0 saturated carbocycles. The Kier molecular flexibility index (Phi) is 4.36. The molecule has 2 rings (SSSR count). The number of nitrogens with zero attached hydrogens (tertiary/aromatic N) is 3. The summed E-state index contributed by atoms with van der Waals surface area (Å²) in [7, 11) is 1.64. The largest absolute Gasteiger partial charge is 0.481 e. The van der Waals surface area contributed by atoms with Gasteiger partial charge in [-0.2, -0.15) is 4.98 Å². The van der Waals surface area contributed by atoms with E-state index in [9.17, 15) is 0 Å². The molecule has 1 aliphatic rings. The van der Waals surface area contributed by atoms with Crippen molar-refractivity contribution in [2.24, 2.45) is 5.73 Å². The average Bonchev–Trinajstić information content (AvgIpc) is 2.83. The summed E-state index contributed by atoms with van der Waals surface area (Å²) in [6.45, 7) is 3.75. The number of anilines is 1. The molecule has 0 bridgehead atoms. The van der Waals surface area contributed by atoms with Gasteiger partial charge in [-0.05, 0) is 39.2 Å². The lowest BCUT2D eigenvalue weighted by Crippen LogP contribution is -2.31. The number of hydrogen-bond donors (Lipinski definition) is 1. The Labute approximate surface area is 108 Å². The predicted octanol–water partition coefficient (Wildman–Crippen LogP) is 1.50. The predicted molar refractivity (Wildman–Crippen MR) is 72.0 cm³/mol. The summed E-state index contributed by atoms with van der Waals surface area (Å²) < 4.78 is 5.21. The highest BCUT2D eigenvalue weighted by Gasteiger charge is 2.26. The number of aromatic nitrogens is 2. The normalized spacial score (nSPS) is 19.3. The second kappa shape index (κ2) is 6.00. The fraction of sp³-hybridized carbons (Fsp3) is 0.692. The van der Waals surface area contributed by atoms with Crippen molar-refractivity contribution in [3.05, 3.63) is 11.8 Å². The van der Waals surface area contributed by atoms with Gasteiger partial charge >= 0.3 is 0 Å². The van der Waals surface area contributed by atoms with Crippen LogP contribution >= 0.6 is 0 Å². The van der Waals surface area contributed by atoms with Crippen LogP contribution in [0.15, 0.2) is 6.07 Å². The van der Waals surface area contributed by atoms with Crippen LogP contribution in [0.2, 0.25) is 0 Å². The maximum absolute atomic E-state index is 5.59. The lowest BCUT2D eigenvalue weighted by Gasteiger charge is -2.25. The van der Waals surface area contributed by atoms with Gasteiger partial charge in [-0.15, -0.1) is 0 Å². The smallest absolute Gasteiger partial charge is 0.229 e. The molecule has 1 aromatic rings. The first-order valence-electron chi connectivity index (χ1n) is 6.61. The molecule has 1 unspecified atom stereocenters. The maximum Gasteiger partial charge on any atom is 0.229 e. The zero-order chi connectivity index (χ0) is 13.0. The van der Waals surface area contributed by atoms with E-state index >= 15 is 0 Å². The van der Waals surface area contributed by atoms with E-state index < -0.39 is 0 Å². The fourth-order valence-electron chi connectivity index (χ4n) is 2.51. The first kappa shape index (κ1) is 13.1. The molecule has 0 spiro atoms. The van der Waals surface area contributed by atoms with E-state index in [1.165, 1.54) is 12.8 Å². The Morgan fingerprint density at radius 1 is 1.50 bits per heavy atom. The van der Waals surface area contributed by atoms with Crippen LogP contribution in [0.1, 0.15) is 31.4 Å². The number of hydrogen-bond acceptors (Lipinski definition) is 5. The SMILES string of the molecule is COc1cc(C)nc(N2CCCC2CCCN)n1. The molecule has 5 heteroatoms. The molecule has 2 heterocycles. The zero-order valence-corrected chi connectivity index (χ0v) is 11.2. The van der Waals surface area contributed by atoms with Gasteiger partial charge in [0.15, 0.2) is 0 Å². The van der Waals surface area contributed by atoms with Crippen molar-refractivity contribution in [2.75, 3.05) is 25.1 Å². The van der Waals surface area contributed by atoms with E-state index in [1.807, 2.05) is 13.0 Å². The van der Waals surface area contributed by atoms with E-state index in [-0.39, 0.29) is 0 Å². The lowest BCUT2D eigenvalue weighted by atomic mass is 10.1. The van der Waals surface area contributed by atoms with Crippen molar-refractivity contribution in [3.8, 4) is 5.88 Å². The average molecular weight is 250 g/mol. The first-order chi connectivity index (χ1) is 8.74. The van der Waals surface area contributed by atoms with Crippen LogP contribution in [0.25, 0.3) is 0 Å². The third kappa shape index (κ3) is 2.90. The van der Waals surface area contributed by atoms with Gasteiger partial charge in [0.2, 0.25) is 11.8 Å². The summed E-state index contributed by atoms with van der Waals surface area (Å²) in [5.41, 5.74) is 6.54. The van der Waals surface area contributed by atoms with Crippen molar-refractivity contribution in [3.63, 3.8) is 0 Å². The standard InChI is InChI=1S/C13H22N4O/c1-10-9-12(18-2)16-13(15-10)17-8-4-6-11(17)5-3-7-14/h9,11H,3-8,14H2,1-2H3. The number of ether oxygens (including phenoxy) is 1. The van der Waals surface area contributed by atoms with E-state index in [4.69, 9.17) is 10.5 Å². The van der Waals surface area contributed by atoms with Crippen LogP contribution in [-0.4, -0.2) is 36.2 Å². The number of methoxy groups -OCH3 is 1. The summed E-state index contributed by atoms with van der Waals surface area (Å²) in [5.74, 6) is 1.44. The molecule has 1 aliphatic heterocycles. The third-order valence-corrected chi connectivity index (χ3v) is 3.40. The van der Waals surface area contributed by atoms with Gasteiger partial charge in [-0.1, -0.05) is 0 Å². The number of rotatable bonds is 5. The first-order valence-corrected chi connectivity index (χ1v) is 6.61. The summed E-state index contributed by atoms with van der Waals surface area (Å²) in [4.78, 5) is 11.3. The van der Waals surface area contributed by atoms with Gasteiger partial charge in [0.1, 0.15) is 0 Å². The molecule has 1 aromatic heterocycles. The molecule has 100 valence electrons. The lowest BCUT2D eigenvalue weighted by molar-refractivity contribution is 0.395. The van der Waals surface area contributed by atoms with Crippen LogP contribution < -0.4 is 15.4 Å². The summed E-state index contributed by atoms with van der Waals surface area (Å²) >= 11 is 0. The molecule has 0 aromatic carbocycles. The summed E-state index contributed by atoms with van der Waals surface area (Å²) in [5, 5.41) is 0. The fourth-order valence-corrected chi connectivity index (χ4v) is 2.51. The van der Waals surface area contributed by atoms with Gasteiger partial charge in [-0.3, -0.25) is 0 Å². The van der Waals surface area contributed by atoms with Crippen molar-refractivity contribution < 1.29 is 4.74 Å². The third-order valence-electron chi connectivity index (χ3n) is 3.40. The quantitative estimate of drug-likeness (QED) is 0.858. The van der Waals surface area contributed by atoms with Gasteiger partial charge in [0.05, 0.1) is 7.11 Å². The molecule has 1 fully saturated rings. The highest BCUT2D eigenvalue weighted by Crippen LogP contribution is 2.26. The van der Waals surface area contributed by atoms with Crippen LogP contribution in [0.4, 0.5) is 5.95 Å². The van der Waals surface area contributed by atoms with Crippen molar-refractivity contribution in [2.45, 2.75) is 38.6 Å². The molecule has 1 atom stereocenters. The Morgan fingerprint density at radius 2 is 2.33 bits per heavy atom. The van der Waals surface area contributed by atoms with Gasteiger partial charge < -0.3 is 15.4 Å². The highest BCUT2D eigenvalue weighted by molar-refractivity contribution is 5.37. The van der Waals surface area contributed by atoms with Crippen LogP contribution in [0.3, 0.4) is 0 Å². The van der Waals surface area contributed by atoms with E-state index in [0.717, 1.165) is 37.6 Å². The highest BCUT2D eigenvalue weighted by atomic mass is 16.5. The molecule has 2 N–H and O–H groups in total. The van der Waals surface area contributed by atoms with Crippen LogP contribution in [0.5, 0.6) is 5.88 Å². The Hall–Kier alpha value is -1.36. The van der Waals surface area contributed by atoms with Crippen LogP contribution in [-0.2, 0) is 0 Å².